The van der Waals surface area contributed by atoms with Crippen molar-refractivity contribution in [1.82, 2.24) is 4.98 Å². The second-order valence-corrected chi connectivity index (χ2v) is 5.77. The molecule has 1 atom stereocenters. The number of hydrogen-bond acceptors (Lipinski definition) is 4. The van der Waals surface area contributed by atoms with Crippen LogP contribution in [-0.4, -0.2) is 17.6 Å². The fraction of sp³-hybridized carbons (Fsp3) is 0.643. The van der Waals surface area contributed by atoms with E-state index in [0.717, 1.165) is 5.82 Å². The van der Waals surface area contributed by atoms with E-state index in [4.69, 9.17) is 10.5 Å². The third-order valence-corrected chi connectivity index (χ3v) is 3.49. The van der Waals surface area contributed by atoms with Crippen LogP contribution in [0.1, 0.15) is 40.0 Å². The van der Waals surface area contributed by atoms with Gasteiger partial charge in [0.15, 0.2) is 0 Å². The summed E-state index contributed by atoms with van der Waals surface area (Å²) >= 11 is 0. The van der Waals surface area contributed by atoms with Gasteiger partial charge in [0.25, 0.3) is 0 Å². The van der Waals surface area contributed by atoms with Gasteiger partial charge in [0.2, 0.25) is 5.88 Å². The topological polar surface area (TPSA) is 60.2 Å². The molecule has 0 amide bonds. The maximum atomic E-state index is 5.81. The van der Waals surface area contributed by atoms with Gasteiger partial charge in [-0.3, -0.25) is 0 Å². The van der Waals surface area contributed by atoms with Gasteiger partial charge < -0.3 is 15.8 Å². The number of rotatable bonds is 4. The van der Waals surface area contributed by atoms with Crippen molar-refractivity contribution in [2.75, 3.05) is 17.7 Å². The van der Waals surface area contributed by atoms with Crippen LogP contribution in [0.4, 0.5) is 11.5 Å². The van der Waals surface area contributed by atoms with E-state index in [9.17, 15) is 0 Å². The molecule has 0 bridgehead atoms. The highest BCUT2D eigenvalue weighted by Gasteiger charge is 2.30. The van der Waals surface area contributed by atoms with Crippen LogP contribution in [0.25, 0.3) is 0 Å². The van der Waals surface area contributed by atoms with Crippen LogP contribution in [0, 0.1) is 5.41 Å². The average Bonchev–Trinajstić information content (AvgIpc) is 2.63. The maximum Gasteiger partial charge on any atom is 0.239 e. The number of nitrogens with two attached hydrogens (primary N) is 1. The molecular formula is C14H23N3O. The highest BCUT2D eigenvalue weighted by atomic mass is 16.5. The summed E-state index contributed by atoms with van der Waals surface area (Å²) in [4.78, 5) is 4.41. The van der Waals surface area contributed by atoms with E-state index < -0.39 is 0 Å². The van der Waals surface area contributed by atoms with Crippen molar-refractivity contribution < 1.29 is 4.74 Å². The van der Waals surface area contributed by atoms with Crippen molar-refractivity contribution in [2.24, 2.45) is 5.41 Å². The summed E-state index contributed by atoms with van der Waals surface area (Å²) in [5.74, 6) is 1.38. The van der Waals surface area contributed by atoms with Gasteiger partial charge in [-0.05, 0) is 43.7 Å². The number of nitrogens with zero attached hydrogens (tertiary/aromatic N) is 1. The van der Waals surface area contributed by atoms with Crippen molar-refractivity contribution in [3.8, 4) is 5.88 Å². The van der Waals surface area contributed by atoms with Crippen molar-refractivity contribution in [1.29, 1.82) is 0 Å². The zero-order valence-electron chi connectivity index (χ0n) is 11.5. The first kappa shape index (κ1) is 13.0. The molecule has 2 rings (SSSR count). The van der Waals surface area contributed by atoms with Crippen LogP contribution in [0.3, 0.4) is 0 Å². The normalized spacial score (nSPS) is 21.8. The minimum Gasteiger partial charge on any atom is -0.476 e. The Morgan fingerprint density at radius 3 is 2.89 bits per heavy atom. The molecule has 0 aliphatic heterocycles. The number of hydrogen-bond donors (Lipinski definition) is 2. The van der Waals surface area contributed by atoms with Crippen LogP contribution in [0.5, 0.6) is 5.88 Å². The fourth-order valence-electron chi connectivity index (χ4n) is 2.55. The van der Waals surface area contributed by atoms with Crippen molar-refractivity contribution in [2.45, 2.75) is 46.1 Å². The predicted molar refractivity (Wildman–Crippen MR) is 74.9 cm³/mol. The van der Waals surface area contributed by atoms with Gasteiger partial charge in [-0.2, -0.15) is 4.98 Å². The number of nitrogens with one attached hydrogen (secondary N) is 1. The summed E-state index contributed by atoms with van der Waals surface area (Å²) in [6, 6.07) is 4.27. The van der Waals surface area contributed by atoms with Crippen LogP contribution in [0.15, 0.2) is 12.1 Å². The van der Waals surface area contributed by atoms with Gasteiger partial charge in [-0.25, -0.2) is 0 Å². The molecule has 4 heteroatoms. The molecule has 18 heavy (non-hydrogen) atoms. The van der Waals surface area contributed by atoms with E-state index >= 15 is 0 Å². The monoisotopic (exact) mass is 249 g/mol. The third kappa shape index (κ3) is 3.06. The molecule has 100 valence electrons. The van der Waals surface area contributed by atoms with E-state index in [1.54, 1.807) is 0 Å². The first-order valence-corrected chi connectivity index (χ1v) is 6.66. The summed E-state index contributed by atoms with van der Waals surface area (Å²) in [5, 5.41) is 3.48. The lowest BCUT2D eigenvalue weighted by atomic mass is 9.92. The molecule has 0 radical (unpaired) electrons. The minimum atomic E-state index is 0.439. The quantitative estimate of drug-likeness (QED) is 0.861. The Morgan fingerprint density at radius 1 is 1.50 bits per heavy atom. The lowest BCUT2D eigenvalue weighted by Crippen LogP contribution is -2.18. The van der Waals surface area contributed by atoms with Crippen molar-refractivity contribution in [3.63, 3.8) is 0 Å². The lowest BCUT2D eigenvalue weighted by molar-refractivity contribution is 0.329. The van der Waals surface area contributed by atoms with Crippen LogP contribution < -0.4 is 15.8 Å². The predicted octanol–water partition coefficient (Wildman–Crippen LogP) is 3.05. The van der Waals surface area contributed by atoms with E-state index in [0.29, 0.717) is 29.6 Å². The molecule has 1 aromatic rings. The standard InChI is InChI=1S/C14H23N3O/c1-4-18-13-11(15)5-6-12(17-13)16-10-7-8-14(2,3)9-10/h5-6,10H,4,7-9,15H2,1-3H3,(H,16,17). The molecule has 0 saturated heterocycles. The zero-order valence-corrected chi connectivity index (χ0v) is 11.5. The van der Waals surface area contributed by atoms with Gasteiger partial charge in [0.1, 0.15) is 5.82 Å². The van der Waals surface area contributed by atoms with E-state index in [-0.39, 0.29) is 0 Å². The molecular weight excluding hydrogens is 226 g/mol. The summed E-state index contributed by atoms with van der Waals surface area (Å²) in [5.41, 5.74) is 6.84. The molecule has 1 aliphatic rings. The Kier molecular flexibility index (Phi) is 3.64. The minimum absolute atomic E-state index is 0.439. The molecule has 0 spiro atoms. The van der Waals surface area contributed by atoms with Gasteiger partial charge in [-0.15, -0.1) is 0 Å². The van der Waals surface area contributed by atoms with Crippen molar-refractivity contribution in [3.05, 3.63) is 12.1 Å². The second-order valence-electron chi connectivity index (χ2n) is 5.77. The SMILES string of the molecule is CCOc1nc(NC2CCC(C)(C)C2)ccc1N. The number of ether oxygens (including phenoxy) is 1. The molecule has 4 nitrogen and oxygen atoms in total. The molecule has 1 aromatic heterocycles. The van der Waals surface area contributed by atoms with Gasteiger partial charge in [0.05, 0.1) is 12.3 Å². The molecule has 1 heterocycles. The molecule has 1 unspecified atom stereocenters. The highest BCUT2D eigenvalue weighted by molar-refractivity contribution is 5.53. The fourth-order valence-corrected chi connectivity index (χ4v) is 2.55. The Morgan fingerprint density at radius 2 is 2.28 bits per heavy atom. The Labute approximate surface area is 109 Å². The Bertz CT molecular complexity index is 418. The van der Waals surface area contributed by atoms with E-state index in [1.165, 1.54) is 19.3 Å². The number of pyridine rings is 1. The number of anilines is 2. The summed E-state index contributed by atoms with van der Waals surface area (Å²) < 4.78 is 5.41. The average molecular weight is 249 g/mol. The van der Waals surface area contributed by atoms with Crippen LogP contribution >= 0.6 is 0 Å². The van der Waals surface area contributed by atoms with E-state index in [1.807, 2.05) is 19.1 Å². The molecule has 0 aromatic carbocycles. The third-order valence-electron chi connectivity index (χ3n) is 3.49. The summed E-state index contributed by atoms with van der Waals surface area (Å²) in [6.07, 6.45) is 3.64. The molecule has 3 N–H and O–H groups in total. The largest absolute Gasteiger partial charge is 0.476 e. The maximum absolute atomic E-state index is 5.81. The van der Waals surface area contributed by atoms with Gasteiger partial charge >= 0.3 is 0 Å². The molecule has 1 aliphatic carbocycles. The van der Waals surface area contributed by atoms with Crippen LogP contribution in [-0.2, 0) is 0 Å². The molecule has 1 saturated carbocycles. The second kappa shape index (κ2) is 5.04. The highest BCUT2D eigenvalue weighted by Crippen LogP contribution is 2.38. The Hall–Kier alpha value is -1.45. The number of aromatic nitrogens is 1. The summed E-state index contributed by atoms with van der Waals surface area (Å²) in [7, 11) is 0. The zero-order chi connectivity index (χ0) is 13.2. The van der Waals surface area contributed by atoms with Gasteiger partial charge in [-0.1, -0.05) is 13.8 Å². The Balaban J connectivity index is 2.04. The van der Waals surface area contributed by atoms with E-state index in [2.05, 4.69) is 24.1 Å². The first-order valence-electron chi connectivity index (χ1n) is 6.66. The van der Waals surface area contributed by atoms with Gasteiger partial charge in [0, 0.05) is 6.04 Å². The van der Waals surface area contributed by atoms with Crippen molar-refractivity contribution >= 4 is 11.5 Å². The first-order chi connectivity index (χ1) is 8.50. The smallest absolute Gasteiger partial charge is 0.239 e. The molecule has 1 fully saturated rings. The van der Waals surface area contributed by atoms with Crippen LogP contribution in [0.2, 0.25) is 0 Å². The lowest BCUT2D eigenvalue weighted by Gasteiger charge is -2.18. The number of nitrogen functional groups attached to an aromatic ring is 1. The summed E-state index contributed by atoms with van der Waals surface area (Å²) in [6.45, 7) is 7.14.